The van der Waals surface area contributed by atoms with Gasteiger partial charge >= 0.3 is 0 Å². The van der Waals surface area contributed by atoms with Crippen molar-refractivity contribution in [3.05, 3.63) is 0 Å². The van der Waals surface area contributed by atoms with Gasteiger partial charge in [-0.25, -0.2) is 0 Å². The lowest BCUT2D eigenvalue weighted by Crippen LogP contribution is -2.63. The van der Waals surface area contributed by atoms with E-state index in [4.69, 9.17) is 28.4 Å². The van der Waals surface area contributed by atoms with Crippen LogP contribution < -0.4 is 0 Å². The molecule has 0 aromatic heterocycles. The Morgan fingerprint density at radius 1 is 0.758 bits per heavy atom. The molecule has 3 rings (SSSR count). The molecule has 14 nitrogen and oxygen atoms in total. The molecule has 33 heavy (non-hydrogen) atoms. The monoisotopic (exact) mass is 486 g/mol. The lowest BCUT2D eigenvalue weighted by Gasteiger charge is -2.45. The standard InChI is InChI=1S/C19H34O14/c1-6-17(7(28-2)3-10(21)30-6)33-19-16(27)14(25)12(23)9(32-19)5-29-18-15(26)13(24)11(22)8(4-20)31-18/h6-27H,3-5H2,1-2H3/t6-,7-,8-,9-,10?,11-,12-,13+,14+,15-,16-,17+,18-,19+/m1/s1. The Morgan fingerprint density at radius 2 is 1.33 bits per heavy atom. The zero-order chi connectivity index (χ0) is 24.4. The van der Waals surface area contributed by atoms with Crippen LogP contribution in [0.1, 0.15) is 13.3 Å². The summed E-state index contributed by atoms with van der Waals surface area (Å²) < 4.78 is 32.7. The number of hydrogen-bond acceptors (Lipinski definition) is 14. The fourth-order valence-electron chi connectivity index (χ4n) is 4.16. The van der Waals surface area contributed by atoms with Crippen molar-refractivity contribution in [3.8, 4) is 0 Å². The Hall–Kier alpha value is -0.560. The minimum atomic E-state index is -1.68. The van der Waals surface area contributed by atoms with Crippen molar-refractivity contribution in [2.75, 3.05) is 20.3 Å². The van der Waals surface area contributed by atoms with Crippen LogP contribution in [0.3, 0.4) is 0 Å². The third kappa shape index (κ3) is 5.82. The number of methoxy groups -OCH3 is 1. The number of rotatable bonds is 7. The summed E-state index contributed by atoms with van der Waals surface area (Å²) in [5.41, 5.74) is 0. The number of aliphatic hydroxyl groups excluding tert-OH is 8. The minimum Gasteiger partial charge on any atom is -0.394 e. The van der Waals surface area contributed by atoms with Crippen molar-refractivity contribution in [2.45, 2.75) is 99.4 Å². The molecule has 3 aliphatic rings. The van der Waals surface area contributed by atoms with Gasteiger partial charge in [0.05, 0.1) is 25.4 Å². The van der Waals surface area contributed by atoms with Gasteiger partial charge in [0.25, 0.3) is 0 Å². The summed E-state index contributed by atoms with van der Waals surface area (Å²) >= 11 is 0. The van der Waals surface area contributed by atoms with Crippen LogP contribution in [0, 0.1) is 0 Å². The van der Waals surface area contributed by atoms with Crippen LogP contribution in [0.25, 0.3) is 0 Å². The molecule has 3 heterocycles. The lowest BCUT2D eigenvalue weighted by atomic mass is 9.97. The van der Waals surface area contributed by atoms with E-state index < -0.39 is 99.2 Å². The average Bonchev–Trinajstić information content (AvgIpc) is 2.79. The maximum absolute atomic E-state index is 10.4. The first kappa shape index (κ1) is 27.0. The number of ether oxygens (including phenoxy) is 6. The molecule has 3 aliphatic heterocycles. The molecule has 0 aromatic carbocycles. The topological polar surface area (TPSA) is 217 Å². The van der Waals surface area contributed by atoms with E-state index in [9.17, 15) is 40.9 Å². The number of aliphatic hydroxyl groups is 8. The second-order valence-electron chi connectivity index (χ2n) is 8.45. The van der Waals surface area contributed by atoms with Gasteiger partial charge in [0.1, 0.15) is 54.9 Å². The second kappa shape index (κ2) is 11.5. The molecule has 3 saturated heterocycles. The van der Waals surface area contributed by atoms with Crippen LogP contribution in [0.2, 0.25) is 0 Å². The highest BCUT2D eigenvalue weighted by atomic mass is 16.7. The van der Waals surface area contributed by atoms with Gasteiger partial charge in [-0.2, -0.15) is 0 Å². The fraction of sp³-hybridized carbons (Fsp3) is 1.00. The van der Waals surface area contributed by atoms with E-state index in [0.717, 1.165) is 0 Å². The largest absolute Gasteiger partial charge is 0.394 e. The Balaban J connectivity index is 1.64. The van der Waals surface area contributed by atoms with Gasteiger partial charge in [-0.05, 0) is 6.92 Å². The summed E-state index contributed by atoms with van der Waals surface area (Å²) in [5, 5.41) is 79.8. The van der Waals surface area contributed by atoms with Gasteiger partial charge in [-0.15, -0.1) is 0 Å². The molecule has 8 N–H and O–H groups in total. The summed E-state index contributed by atoms with van der Waals surface area (Å²) in [6.07, 6.45) is -18.2. The van der Waals surface area contributed by atoms with Crippen molar-refractivity contribution in [2.24, 2.45) is 0 Å². The third-order valence-electron chi connectivity index (χ3n) is 6.17. The zero-order valence-corrected chi connectivity index (χ0v) is 18.2. The van der Waals surface area contributed by atoms with Crippen molar-refractivity contribution in [3.63, 3.8) is 0 Å². The predicted octanol–water partition coefficient (Wildman–Crippen LogP) is -4.86. The van der Waals surface area contributed by atoms with E-state index in [-0.39, 0.29) is 6.42 Å². The van der Waals surface area contributed by atoms with Gasteiger partial charge in [-0.1, -0.05) is 0 Å². The van der Waals surface area contributed by atoms with Crippen molar-refractivity contribution < 1.29 is 69.3 Å². The van der Waals surface area contributed by atoms with Crippen LogP contribution in [0.5, 0.6) is 0 Å². The van der Waals surface area contributed by atoms with Crippen LogP contribution in [-0.4, -0.2) is 147 Å². The minimum absolute atomic E-state index is 0.100. The van der Waals surface area contributed by atoms with E-state index in [0.29, 0.717) is 0 Å². The number of hydrogen-bond donors (Lipinski definition) is 8. The Labute approximate surface area is 189 Å². The smallest absolute Gasteiger partial charge is 0.187 e. The summed E-state index contributed by atoms with van der Waals surface area (Å²) in [6, 6.07) is 0. The van der Waals surface area contributed by atoms with Crippen LogP contribution >= 0.6 is 0 Å². The highest BCUT2D eigenvalue weighted by Crippen LogP contribution is 2.30. The van der Waals surface area contributed by atoms with Crippen LogP contribution in [-0.2, 0) is 28.4 Å². The average molecular weight is 486 g/mol. The van der Waals surface area contributed by atoms with E-state index in [1.165, 1.54) is 7.11 Å². The van der Waals surface area contributed by atoms with E-state index >= 15 is 0 Å². The maximum Gasteiger partial charge on any atom is 0.187 e. The summed E-state index contributed by atoms with van der Waals surface area (Å²) in [7, 11) is 1.42. The molecule has 14 heteroatoms. The second-order valence-corrected chi connectivity index (χ2v) is 8.45. The van der Waals surface area contributed by atoms with Gasteiger partial charge < -0.3 is 69.3 Å². The molecular weight excluding hydrogens is 452 g/mol. The molecule has 0 aliphatic carbocycles. The molecular formula is C19H34O14. The maximum atomic E-state index is 10.4. The summed E-state index contributed by atoms with van der Waals surface area (Å²) in [5.74, 6) is 0. The molecule has 194 valence electrons. The van der Waals surface area contributed by atoms with Crippen molar-refractivity contribution in [1.82, 2.24) is 0 Å². The molecule has 14 atom stereocenters. The molecule has 0 saturated carbocycles. The molecule has 1 unspecified atom stereocenters. The first-order valence-corrected chi connectivity index (χ1v) is 10.7. The molecule has 0 bridgehead atoms. The third-order valence-corrected chi connectivity index (χ3v) is 6.17. The van der Waals surface area contributed by atoms with Crippen molar-refractivity contribution >= 4 is 0 Å². The Bertz CT molecular complexity index is 609. The predicted molar refractivity (Wildman–Crippen MR) is 103 cm³/mol. The van der Waals surface area contributed by atoms with Gasteiger partial charge in [0, 0.05) is 13.5 Å². The van der Waals surface area contributed by atoms with Crippen molar-refractivity contribution in [1.29, 1.82) is 0 Å². The van der Waals surface area contributed by atoms with E-state index in [1.807, 2.05) is 0 Å². The van der Waals surface area contributed by atoms with E-state index in [2.05, 4.69) is 0 Å². The Morgan fingerprint density at radius 3 is 1.94 bits per heavy atom. The molecule has 0 spiro atoms. The van der Waals surface area contributed by atoms with Gasteiger partial charge in [0.2, 0.25) is 0 Å². The fourth-order valence-corrected chi connectivity index (χ4v) is 4.16. The first-order valence-electron chi connectivity index (χ1n) is 10.7. The summed E-state index contributed by atoms with van der Waals surface area (Å²) in [6.45, 7) is 0.501. The lowest BCUT2D eigenvalue weighted by molar-refractivity contribution is -0.351. The highest BCUT2D eigenvalue weighted by Gasteiger charge is 2.49. The van der Waals surface area contributed by atoms with Crippen LogP contribution in [0.4, 0.5) is 0 Å². The molecule has 0 radical (unpaired) electrons. The normalized spacial score (nSPS) is 51.5. The molecule has 0 amide bonds. The first-order chi connectivity index (χ1) is 15.6. The molecule has 0 aromatic rings. The van der Waals surface area contributed by atoms with E-state index in [1.54, 1.807) is 6.92 Å². The highest BCUT2D eigenvalue weighted by molar-refractivity contribution is 4.93. The Kier molecular flexibility index (Phi) is 9.38. The quantitative estimate of drug-likeness (QED) is 0.169. The summed E-state index contributed by atoms with van der Waals surface area (Å²) in [4.78, 5) is 0. The van der Waals surface area contributed by atoms with Gasteiger partial charge in [-0.3, -0.25) is 0 Å². The van der Waals surface area contributed by atoms with Crippen LogP contribution in [0.15, 0.2) is 0 Å². The zero-order valence-electron chi connectivity index (χ0n) is 18.2. The molecule has 3 fully saturated rings. The SMILES string of the molecule is CO[C@@H]1CC(O)O[C@H](C)[C@@H]1O[C@@H]1O[C@H](CO[C@@H]2O[C@H](CO)[C@@H](O)[C@H](O)[C@H]2O)[C@@H](O)[C@H](O)[C@H]1O. The van der Waals surface area contributed by atoms with Gasteiger partial charge in [0.15, 0.2) is 18.9 Å².